The van der Waals surface area contributed by atoms with Crippen molar-refractivity contribution in [2.24, 2.45) is 10.9 Å². The molecule has 0 saturated heterocycles. The second-order valence-electron chi connectivity index (χ2n) is 5.60. The predicted octanol–water partition coefficient (Wildman–Crippen LogP) is 2.47. The van der Waals surface area contributed by atoms with E-state index < -0.39 is 0 Å². The van der Waals surface area contributed by atoms with E-state index in [2.05, 4.69) is 22.5 Å². The van der Waals surface area contributed by atoms with Crippen LogP contribution in [0.5, 0.6) is 5.75 Å². The van der Waals surface area contributed by atoms with Crippen molar-refractivity contribution in [3.05, 3.63) is 28.8 Å². The zero-order valence-electron chi connectivity index (χ0n) is 12.7. The van der Waals surface area contributed by atoms with Gasteiger partial charge >= 0.3 is 0 Å². The second kappa shape index (κ2) is 6.64. The van der Waals surface area contributed by atoms with Gasteiger partial charge in [-0.3, -0.25) is 0 Å². The molecule has 0 bridgehead atoms. The molecule has 4 nitrogen and oxygen atoms in total. The Labute approximate surface area is 121 Å². The van der Waals surface area contributed by atoms with E-state index in [0.29, 0.717) is 12.3 Å². The van der Waals surface area contributed by atoms with Crippen LogP contribution in [0.4, 0.5) is 0 Å². The number of rotatable bonds is 5. The number of phenolic OH excluding ortho intramolecular Hbond substituents is 1. The van der Waals surface area contributed by atoms with Gasteiger partial charge in [-0.05, 0) is 56.2 Å². The van der Waals surface area contributed by atoms with Crippen molar-refractivity contribution in [1.82, 2.24) is 10.6 Å². The highest BCUT2D eigenvalue weighted by Gasteiger charge is 2.20. The highest BCUT2D eigenvalue weighted by atomic mass is 16.3. The van der Waals surface area contributed by atoms with E-state index in [-0.39, 0.29) is 0 Å². The van der Waals surface area contributed by atoms with Crippen LogP contribution in [-0.4, -0.2) is 24.2 Å². The quantitative estimate of drug-likeness (QED) is 0.571. The normalized spacial score (nSPS) is 15.2. The zero-order valence-corrected chi connectivity index (χ0v) is 12.7. The van der Waals surface area contributed by atoms with E-state index in [1.165, 1.54) is 12.8 Å². The molecule has 0 atom stereocenters. The van der Waals surface area contributed by atoms with E-state index >= 15 is 0 Å². The molecule has 0 amide bonds. The third kappa shape index (κ3) is 4.15. The maximum Gasteiger partial charge on any atom is 0.191 e. The van der Waals surface area contributed by atoms with Gasteiger partial charge in [-0.25, -0.2) is 4.99 Å². The van der Waals surface area contributed by atoms with Gasteiger partial charge in [0.05, 0.1) is 6.54 Å². The van der Waals surface area contributed by atoms with E-state index in [0.717, 1.165) is 41.7 Å². The summed E-state index contributed by atoms with van der Waals surface area (Å²) in [5, 5.41) is 16.4. The zero-order chi connectivity index (χ0) is 14.5. The molecule has 1 aliphatic carbocycles. The van der Waals surface area contributed by atoms with Gasteiger partial charge in [-0.1, -0.05) is 12.1 Å². The summed E-state index contributed by atoms with van der Waals surface area (Å²) in [6, 6.07) is 3.99. The van der Waals surface area contributed by atoms with Crippen molar-refractivity contribution in [3.63, 3.8) is 0 Å². The van der Waals surface area contributed by atoms with Crippen LogP contribution >= 0.6 is 0 Å². The van der Waals surface area contributed by atoms with Gasteiger partial charge in [0.1, 0.15) is 5.75 Å². The molecule has 110 valence electrons. The van der Waals surface area contributed by atoms with Crippen molar-refractivity contribution in [2.45, 2.75) is 40.2 Å². The average molecular weight is 275 g/mol. The highest BCUT2D eigenvalue weighted by Crippen LogP contribution is 2.27. The van der Waals surface area contributed by atoms with Gasteiger partial charge in [0.25, 0.3) is 0 Å². The number of nitrogens with zero attached hydrogens (tertiary/aromatic N) is 1. The Morgan fingerprint density at radius 3 is 2.45 bits per heavy atom. The minimum absolute atomic E-state index is 0.386. The molecule has 0 aromatic heterocycles. The molecular weight excluding hydrogens is 250 g/mol. The monoisotopic (exact) mass is 275 g/mol. The molecule has 1 aliphatic rings. The van der Waals surface area contributed by atoms with Crippen LogP contribution in [0.3, 0.4) is 0 Å². The van der Waals surface area contributed by atoms with Crippen molar-refractivity contribution in [2.75, 3.05) is 13.1 Å². The fourth-order valence-electron chi connectivity index (χ4n) is 2.21. The lowest BCUT2D eigenvalue weighted by molar-refractivity contribution is 0.466. The smallest absolute Gasteiger partial charge is 0.191 e. The summed E-state index contributed by atoms with van der Waals surface area (Å²) in [4.78, 5) is 4.61. The van der Waals surface area contributed by atoms with E-state index in [1.807, 2.05) is 26.0 Å². The van der Waals surface area contributed by atoms with Gasteiger partial charge in [0, 0.05) is 13.1 Å². The molecule has 0 unspecified atom stereocenters. The fourth-order valence-corrected chi connectivity index (χ4v) is 2.21. The lowest BCUT2D eigenvalue weighted by Crippen LogP contribution is -2.38. The molecule has 20 heavy (non-hydrogen) atoms. The number of hydrogen-bond acceptors (Lipinski definition) is 2. The van der Waals surface area contributed by atoms with Gasteiger partial charge < -0.3 is 15.7 Å². The first-order chi connectivity index (χ1) is 9.60. The van der Waals surface area contributed by atoms with Crippen LogP contribution in [0.15, 0.2) is 17.1 Å². The molecule has 4 heteroatoms. The summed E-state index contributed by atoms with van der Waals surface area (Å²) in [5.41, 5.74) is 2.94. The summed E-state index contributed by atoms with van der Waals surface area (Å²) >= 11 is 0. The predicted molar refractivity (Wildman–Crippen MR) is 83.1 cm³/mol. The molecule has 0 spiro atoms. The van der Waals surface area contributed by atoms with Crippen LogP contribution in [-0.2, 0) is 6.54 Å². The third-order valence-electron chi connectivity index (χ3n) is 3.57. The molecule has 0 aliphatic heterocycles. The van der Waals surface area contributed by atoms with Crippen LogP contribution in [0.1, 0.15) is 36.5 Å². The Balaban J connectivity index is 1.99. The average Bonchev–Trinajstić information content (AvgIpc) is 3.23. The van der Waals surface area contributed by atoms with Crippen LogP contribution in [0.2, 0.25) is 0 Å². The first-order valence-electron chi connectivity index (χ1n) is 7.41. The minimum atomic E-state index is 0.386. The van der Waals surface area contributed by atoms with Gasteiger partial charge in [-0.2, -0.15) is 0 Å². The Morgan fingerprint density at radius 2 is 1.90 bits per heavy atom. The molecule has 0 radical (unpaired) electrons. The Hall–Kier alpha value is -1.71. The number of phenols is 1. The maximum atomic E-state index is 9.78. The van der Waals surface area contributed by atoms with Gasteiger partial charge in [0.15, 0.2) is 5.96 Å². The molecule has 1 aromatic carbocycles. The Morgan fingerprint density at radius 1 is 1.25 bits per heavy atom. The standard InChI is InChI=1S/C16H25N3O/c1-4-17-16(18-9-13-5-6-13)19-10-14-7-11(2)15(20)12(3)8-14/h7-8,13,20H,4-6,9-10H2,1-3H3,(H2,17,18,19). The lowest BCUT2D eigenvalue weighted by atomic mass is 10.1. The molecule has 1 saturated carbocycles. The van der Waals surface area contributed by atoms with Crippen molar-refractivity contribution in [3.8, 4) is 5.75 Å². The molecule has 3 N–H and O–H groups in total. The number of guanidine groups is 1. The number of aromatic hydroxyl groups is 1. The first-order valence-corrected chi connectivity index (χ1v) is 7.41. The van der Waals surface area contributed by atoms with Crippen molar-refractivity contribution in [1.29, 1.82) is 0 Å². The van der Waals surface area contributed by atoms with Gasteiger partial charge in [0.2, 0.25) is 0 Å². The molecule has 1 fully saturated rings. The topological polar surface area (TPSA) is 56.7 Å². The second-order valence-corrected chi connectivity index (χ2v) is 5.60. The number of nitrogens with one attached hydrogen (secondary N) is 2. The number of benzene rings is 1. The maximum absolute atomic E-state index is 9.78. The summed E-state index contributed by atoms with van der Waals surface area (Å²) in [6.07, 6.45) is 2.67. The largest absolute Gasteiger partial charge is 0.507 e. The summed E-state index contributed by atoms with van der Waals surface area (Å²) in [6.45, 7) is 8.42. The summed E-state index contributed by atoms with van der Waals surface area (Å²) in [7, 11) is 0. The highest BCUT2D eigenvalue weighted by molar-refractivity contribution is 5.79. The number of aryl methyl sites for hydroxylation is 2. The summed E-state index contributed by atoms with van der Waals surface area (Å²) in [5.74, 6) is 2.09. The van der Waals surface area contributed by atoms with Crippen molar-refractivity contribution >= 4 is 5.96 Å². The first kappa shape index (κ1) is 14.7. The van der Waals surface area contributed by atoms with Crippen LogP contribution in [0.25, 0.3) is 0 Å². The fraction of sp³-hybridized carbons (Fsp3) is 0.562. The van der Waals surface area contributed by atoms with Gasteiger partial charge in [-0.15, -0.1) is 0 Å². The van der Waals surface area contributed by atoms with Crippen molar-refractivity contribution < 1.29 is 5.11 Å². The Kier molecular flexibility index (Phi) is 4.88. The van der Waals surface area contributed by atoms with E-state index in [1.54, 1.807) is 0 Å². The number of hydrogen-bond donors (Lipinski definition) is 3. The molecule has 1 aromatic rings. The number of aliphatic imine (C=N–C) groups is 1. The molecule has 2 rings (SSSR count). The SMILES string of the molecule is CCNC(=NCc1cc(C)c(O)c(C)c1)NCC1CC1. The van der Waals surface area contributed by atoms with E-state index in [9.17, 15) is 5.11 Å². The minimum Gasteiger partial charge on any atom is -0.507 e. The van der Waals surface area contributed by atoms with Crippen LogP contribution < -0.4 is 10.6 Å². The van der Waals surface area contributed by atoms with E-state index in [4.69, 9.17) is 0 Å². The molecular formula is C16H25N3O. The lowest BCUT2D eigenvalue weighted by Gasteiger charge is -2.11. The summed E-state index contributed by atoms with van der Waals surface area (Å²) < 4.78 is 0. The van der Waals surface area contributed by atoms with Crippen LogP contribution in [0, 0.1) is 19.8 Å². The third-order valence-corrected chi connectivity index (χ3v) is 3.57. The molecule has 0 heterocycles. The Bertz CT molecular complexity index is 469.